The largest absolute Gasteiger partial charge is 0.419 e. The third-order valence-electron chi connectivity index (χ3n) is 8.14. The topological polar surface area (TPSA) is 87.2 Å². The van der Waals surface area contributed by atoms with Crippen molar-refractivity contribution in [1.82, 2.24) is 20.2 Å². The standard InChI is InChI=1S/C30H40F3N5O2/c1-19(2)35-28(40)24-6-4-5-22(24)17-26-25(30(31,32)33)18-34-29(37-26)36-23-10-8-21(9-11-23)27(39)12-7-20-13-15-38(3)16-14-20/h8-11,18-20,22,24H,4-7,12-17H2,1-3H3,(H,35,40)(H,34,36,37)/t22-,24-/m0/s1. The molecule has 1 aromatic carbocycles. The second-order valence-corrected chi connectivity index (χ2v) is 11.6. The maximum absolute atomic E-state index is 13.8. The van der Waals surface area contributed by atoms with Crippen LogP contribution in [0, 0.1) is 17.8 Å². The van der Waals surface area contributed by atoms with Gasteiger partial charge >= 0.3 is 6.18 Å². The molecule has 1 saturated heterocycles. The molecule has 0 spiro atoms. The minimum absolute atomic E-state index is 0.0322. The molecule has 4 rings (SSSR count). The molecule has 1 aromatic heterocycles. The third kappa shape index (κ3) is 8.02. The van der Waals surface area contributed by atoms with Crippen LogP contribution in [0.3, 0.4) is 0 Å². The number of carbonyl (C=O) groups excluding carboxylic acids is 2. The fourth-order valence-electron chi connectivity index (χ4n) is 5.83. The normalized spacial score (nSPS) is 20.6. The molecule has 40 heavy (non-hydrogen) atoms. The van der Waals surface area contributed by atoms with Crippen LogP contribution in [0.4, 0.5) is 24.8 Å². The summed E-state index contributed by atoms with van der Waals surface area (Å²) in [7, 11) is 2.12. The van der Waals surface area contributed by atoms with E-state index in [9.17, 15) is 22.8 Å². The number of amides is 1. The fourth-order valence-corrected chi connectivity index (χ4v) is 5.83. The summed E-state index contributed by atoms with van der Waals surface area (Å²) in [5.74, 6) is 0.0501. The predicted molar refractivity (Wildman–Crippen MR) is 148 cm³/mol. The molecule has 10 heteroatoms. The Hall–Kier alpha value is -3.01. The lowest BCUT2D eigenvalue weighted by Crippen LogP contribution is -2.37. The van der Waals surface area contributed by atoms with Crippen LogP contribution in [0.15, 0.2) is 30.5 Å². The number of halogens is 3. The van der Waals surface area contributed by atoms with Gasteiger partial charge in [0, 0.05) is 35.8 Å². The van der Waals surface area contributed by atoms with E-state index in [2.05, 4.69) is 32.5 Å². The third-order valence-corrected chi connectivity index (χ3v) is 8.14. The summed E-state index contributed by atoms with van der Waals surface area (Å²) in [5.41, 5.74) is 0.200. The number of hydrogen-bond acceptors (Lipinski definition) is 6. The van der Waals surface area contributed by atoms with Gasteiger partial charge in [-0.1, -0.05) is 6.42 Å². The molecular weight excluding hydrogens is 519 g/mol. The van der Waals surface area contributed by atoms with E-state index < -0.39 is 11.7 Å². The Morgan fingerprint density at radius 1 is 1.07 bits per heavy atom. The van der Waals surface area contributed by atoms with E-state index in [0.717, 1.165) is 45.0 Å². The van der Waals surface area contributed by atoms with E-state index in [0.29, 0.717) is 36.4 Å². The van der Waals surface area contributed by atoms with Crippen molar-refractivity contribution in [2.75, 3.05) is 25.5 Å². The van der Waals surface area contributed by atoms with Gasteiger partial charge in [-0.25, -0.2) is 9.97 Å². The van der Waals surface area contributed by atoms with Crippen molar-refractivity contribution < 1.29 is 22.8 Å². The summed E-state index contributed by atoms with van der Waals surface area (Å²) in [5, 5.41) is 5.87. The zero-order valence-corrected chi connectivity index (χ0v) is 23.6. The second-order valence-electron chi connectivity index (χ2n) is 11.6. The molecule has 1 aliphatic carbocycles. The van der Waals surface area contributed by atoms with Gasteiger partial charge in [0.1, 0.15) is 0 Å². The van der Waals surface area contributed by atoms with Gasteiger partial charge in [-0.3, -0.25) is 9.59 Å². The predicted octanol–water partition coefficient (Wildman–Crippen LogP) is 6.03. The van der Waals surface area contributed by atoms with Crippen LogP contribution in [0.2, 0.25) is 0 Å². The molecule has 0 bridgehead atoms. The van der Waals surface area contributed by atoms with Gasteiger partial charge in [0.25, 0.3) is 0 Å². The van der Waals surface area contributed by atoms with E-state index in [1.165, 1.54) is 0 Å². The molecular formula is C30H40F3N5O2. The first-order chi connectivity index (χ1) is 19.0. The first-order valence-electron chi connectivity index (χ1n) is 14.3. The van der Waals surface area contributed by atoms with Crippen LogP contribution in [0.1, 0.15) is 80.4 Å². The lowest BCUT2D eigenvalue weighted by Gasteiger charge is -2.28. The van der Waals surface area contributed by atoms with Gasteiger partial charge < -0.3 is 15.5 Å². The maximum atomic E-state index is 13.8. The highest BCUT2D eigenvalue weighted by Crippen LogP contribution is 2.38. The maximum Gasteiger partial charge on any atom is 0.419 e. The van der Waals surface area contributed by atoms with Crippen LogP contribution in [-0.4, -0.2) is 52.7 Å². The van der Waals surface area contributed by atoms with Gasteiger partial charge in [-0.05, 0) is 109 Å². The number of nitrogens with zero attached hydrogens (tertiary/aromatic N) is 3. The number of hydrogen-bond donors (Lipinski definition) is 2. The number of alkyl halides is 3. The number of rotatable bonds is 10. The van der Waals surface area contributed by atoms with Crippen LogP contribution in [-0.2, 0) is 17.4 Å². The molecule has 0 radical (unpaired) electrons. The fraction of sp³-hybridized carbons (Fsp3) is 0.600. The highest BCUT2D eigenvalue weighted by molar-refractivity contribution is 5.96. The molecule has 218 valence electrons. The summed E-state index contributed by atoms with van der Waals surface area (Å²) in [6.45, 7) is 5.87. The van der Waals surface area contributed by atoms with Gasteiger partial charge in [-0.2, -0.15) is 13.2 Å². The Kier molecular flexibility index (Phi) is 9.81. The Bertz CT molecular complexity index is 1160. The van der Waals surface area contributed by atoms with Crippen LogP contribution in [0.25, 0.3) is 0 Å². The molecule has 1 amide bonds. The lowest BCUT2D eigenvalue weighted by atomic mass is 9.89. The molecule has 2 fully saturated rings. The molecule has 2 heterocycles. The SMILES string of the molecule is CC(C)NC(=O)[C@H]1CCC[C@H]1Cc1nc(Nc2ccc(C(=O)CCC3CCN(C)CC3)cc2)ncc1C(F)(F)F. The Morgan fingerprint density at radius 2 is 1.77 bits per heavy atom. The van der Waals surface area contributed by atoms with Gasteiger partial charge in [-0.15, -0.1) is 0 Å². The van der Waals surface area contributed by atoms with Crippen molar-refractivity contribution >= 4 is 23.3 Å². The lowest BCUT2D eigenvalue weighted by molar-refractivity contribution is -0.138. The number of anilines is 2. The van der Waals surface area contributed by atoms with E-state index in [-0.39, 0.29) is 47.6 Å². The number of likely N-dealkylation sites (tertiary alicyclic amines) is 1. The summed E-state index contributed by atoms with van der Waals surface area (Å²) in [6.07, 6.45) is 2.01. The highest BCUT2D eigenvalue weighted by Gasteiger charge is 2.39. The van der Waals surface area contributed by atoms with Crippen molar-refractivity contribution in [3.05, 3.63) is 47.3 Å². The van der Waals surface area contributed by atoms with E-state index >= 15 is 0 Å². The highest BCUT2D eigenvalue weighted by atomic mass is 19.4. The number of piperidine rings is 1. The first-order valence-corrected chi connectivity index (χ1v) is 14.3. The van der Waals surface area contributed by atoms with Crippen molar-refractivity contribution in [2.24, 2.45) is 17.8 Å². The van der Waals surface area contributed by atoms with E-state index in [4.69, 9.17) is 0 Å². The van der Waals surface area contributed by atoms with Crippen molar-refractivity contribution in [3.8, 4) is 0 Å². The van der Waals surface area contributed by atoms with Crippen molar-refractivity contribution in [3.63, 3.8) is 0 Å². The van der Waals surface area contributed by atoms with Gasteiger partial charge in [0.15, 0.2) is 5.78 Å². The first kappa shape index (κ1) is 30.0. The summed E-state index contributed by atoms with van der Waals surface area (Å²) in [4.78, 5) is 35.8. The number of ketones is 1. The van der Waals surface area contributed by atoms with Crippen LogP contribution < -0.4 is 10.6 Å². The zero-order chi connectivity index (χ0) is 28.9. The summed E-state index contributed by atoms with van der Waals surface area (Å²) >= 11 is 0. The molecule has 1 saturated carbocycles. The zero-order valence-electron chi connectivity index (χ0n) is 23.6. The van der Waals surface area contributed by atoms with E-state index in [1.54, 1.807) is 24.3 Å². The second kappa shape index (κ2) is 13.1. The van der Waals surface area contributed by atoms with Crippen LogP contribution in [0.5, 0.6) is 0 Å². The molecule has 1 aliphatic heterocycles. The molecule has 7 nitrogen and oxygen atoms in total. The minimum Gasteiger partial charge on any atom is -0.354 e. The Morgan fingerprint density at radius 3 is 2.42 bits per heavy atom. The number of benzene rings is 1. The number of aromatic nitrogens is 2. The van der Waals surface area contributed by atoms with Gasteiger partial charge in [0.2, 0.25) is 11.9 Å². The monoisotopic (exact) mass is 559 g/mol. The van der Waals surface area contributed by atoms with Crippen LogP contribution >= 0.6 is 0 Å². The van der Waals surface area contributed by atoms with Crippen molar-refractivity contribution in [1.29, 1.82) is 0 Å². The molecule has 2 aliphatic rings. The van der Waals surface area contributed by atoms with Gasteiger partial charge in [0.05, 0.1) is 11.3 Å². The Balaban J connectivity index is 1.42. The molecule has 2 aromatic rings. The average Bonchev–Trinajstić information content (AvgIpc) is 3.36. The number of carbonyl (C=O) groups is 2. The molecule has 2 atom stereocenters. The number of Topliss-reactive ketones (excluding diaryl/α,β-unsaturated/α-hetero) is 1. The quantitative estimate of drug-likeness (QED) is 0.346. The molecule has 2 N–H and O–H groups in total. The van der Waals surface area contributed by atoms with Crippen molar-refractivity contribution in [2.45, 2.75) is 77.4 Å². The Labute approximate surface area is 234 Å². The number of nitrogens with one attached hydrogen (secondary N) is 2. The molecule has 0 unspecified atom stereocenters. The summed E-state index contributed by atoms with van der Waals surface area (Å²) in [6, 6.07) is 6.84. The minimum atomic E-state index is -4.60. The smallest absolute Gasteiger partial charge is 0.354 e. The summed E-state index contributed by atoms with van der Waals surface area (Å²) < 4.78 is 41.4. The van der Waals surface area contributed by atoms with E-state index in [1.807, 2.05) is 13.8 Å². The average molecular weight is 560 g/mol.